The van der Waals surface area contributed by atoms with E-state index in [1.807, 2.05) is 133 Å². The molecule has 11 heteroatoms. The molecule has 0 spiro atoms. The third kappa shape index (κ3) is 8.50. The molecule has 0 aliphatic carbocycles. The fourth-order valence-electron chi connectivity index (χ4n) is 4.15. The lowest BCUT2D eigenvalue weighted by Gasteiger charge is -2.20. The van der Waals surface area contributed by atoms with Gasteiger partial charge in [0.05, 0.1) is 5.69 Å². The predicted molar refractivity (Wildman–Crippen MR) is 186 cm³/mol. The van der Waals surface area contributed by atoms with Gasteiger partial charge in [0, 0.05) is 6.07 Å². The van der Waals surface area contributed by atoms with Crippen LogP contribution in [0.5, 0.6) is 51.7 Å². The van der Waals surface area contributed by atoms with E-state index < -0.39 is 8.53 Å². The van der Waals surface area contributed by atoms with Crippen LogP contribution in [-0.4, -0.2) is 0 Å². The van der Waals surface area contributed by atoms with Crippen LogP contribution in [0, 0.1) is 0 Å². The Hall–Kier alpha value is -5.75. The van der Waals surface area contributed by atoms with Crippen molar-refractivity contribution in [3.8, 4) is 51.7 Å². The molecule has 1 unspecified atom stereocenters. The third-order valence-corrected chi connectivity index (χ3v) is 8.25. The van der Waals surface area contributed by atoms with Crippen molar-refractivity contribution < 1.29 is 27.8 Å². The quantitative estimate of drug-likeness (QED) is 0.0927. The minimum atomic E-state index is -1.89. The molecule has 47 heavy (non-hydrogen) atoms. The predicted octanol–water partition coefficient (Wildman–Crippen LogP) is 11.0. The maximum atomic E-state index is 6.73. The molecule has 0 bridgehead atoms. The van der Waals surface area contributed by atoms with Gasteiger partial charge in [0.15, 0.2) is 17.2 Å². The topological polar surface area (TPSA) is 120 Å². The molecule has 1 atom stereocenters. The molecule has 0 aromatic heterocycles. The van der Waals surface area contributed by atoms with Gasteiger partial charge in [0.25, 0.3) is 8.60 Å². The van der Waals surface area contributed by atoms with Gasteiger partial charge in [-0.05, 0) is 60.7 Å². The highest BCUT2D eigenvalue weighted by Gasteiger charge is 2.24. The molecule has 4 N–H and O–H groups in total. The second-order valence-corrected chi connectivity index (χ2v) is 11.6. The first kappa shape index (κ1) is 31.2. The molecule has 0 saturated carbocycles. The Morgan fingerprint density at radius 3 is 1.53 bits per heavy atom. The SMILES string of the molecule is Nc1ccccc1OP(N=POc1cc(Oc2ccccc2)c(Oc2ccccc2)c(Oc2ccccc2)c1N)Oc1ccccc1. The lowest BCUT2D eigenvalue weighted by molar-refractivity contribution is 0.385. The molecular formula is C36H29N3O6P2. The molecule has 6 rings (SSSR count). The van der Waals surface area contributed by atoms with E-state index >= 15 is 0 Å². The summed E-state index contributed by atoms with van der Waals surface area (Å²) in [6.07, 6.45) is 0. The highest BCUT2D eigenvalue weighted by atomic mass is 31.2. The van der Waals surface area contributed by atoms with Crippen LogP contribution in [-0.2, 0) is 0 Å². The summed E-state index contributed by atoms with van der Waals surface area (Å²) in [5.74, 6) is 3.69. The van der Waals surface area contributed by atoms with Gasteiger partial charge in [0.2, 0.25) is 11.5 Å². The van der Waals surface area contributed by atoms with Crippen LogP contribution in [0.1, 0.15) is 0 Å². The Kier molecular flexibility index (Phi) is 10.3. The first-order valence-electron chi connectivity index (χ1n) is 14.4. The lowest BCUT2D eigenvalue weighted by atomic mass is 10.2. The van der Waals surface area contributed by atoms with Crippen molar-refractivity contribution >= 4 is 28.5 Å². The maximum absolute atomic E-state index is 6.73. The average Bonchev–Trinajstić information content (AvgIpc) is 3.11. The number of nitrogens with two attached hydrogens (primary N) is 2. The highest BCUT2D eigenvalue weighted by Crippen LogP contribution is 2.53. The largest absolute Gasteiger partial charge is 0.453 e. The molecule has 0 aliphatic rings. The number of ether oxygens (including phenoxy) is 3. The van der Waals surface area contributed by atoms with Gasteiger partial charge in [-0.3, -0.25) is 0 Å². The van der Waals surface area contributed by atoms with Crippen molar-refractivity contribution in [1.82, 2.24) is 0 Å². The highest BCUT2D eigenvalue weighted by molar-refractivity contribution is 7.51. The van der Waals surface area contributed by atoms with Crippen LogP contribution in [0.4, 0.5) is 11.4 Å². The number of para-hydroxylation sites is 6. The minimum Gasteiger partial charge on any atom is -0.453 e. The lowest BCUT2D eigenvalue weighted by Crippen LogP contribution is -2.00. The summed E-state index contributed by atoms with van der Waals surface area (Å²) in [5, 5.41) is 0. The first-order chi connectivity index (χ1) is 23.1. The van der Waals surface area contributed by atoms with E-state index in [0.29, 0.717) is 40.2 Å². The summed E-state index contributed by atoms with van der Waals surface area (Å²) in [7, 11) is -1.76. The van der Waals surface area contributed by atoms with E-state index in [0.717, 1.165) is 0 Å². The summed E-state index contributed by atoms with van der Waals surface area (Å²) in [6, 6.07) is 45.8. The van der Waals surface area contributed by atoms with Crippen LogP contribution in [0.2, 0.25) is 0 Å². The van der Waals surface area contributed by atoms with Gasteiger partial charge >= 0.3 is 8.53 Å². The Morgan fingerprint density at radius 2 is 0.957 bits per heavy atom. The van der Waals surface area contributed by atoms with Crippen molar-refractivity contribution in [1.29, 1.82) is 0 Å². The Bertz CT molecular complexity index is 1920. The van der Waals surface area contributed by atoms with E-state index in [4.69, 9.17) is 39.2 Å². The molecular weight excluding hydrogens is 632 g/mol. The second kappa shape index (κ2) is 15.5. The van der Waals surface area contributed by atoms with Crippen molar-refractivity contribution in [2.24, 2.45) is 4.52 Å². The van der Waals surface area contributed by atoms with E-state index in [2.05, 4.69) is 4.52 Å². The number of rotatable bonds is 13. The number of anilines is 2. The van der Waals surface area contributed by atoms with Crippen LogP contribution in [0.25, 0.3) is 0 Å². The van der Waals surface area contributed by atoms with Gasteiger partial charge in [0.1, 0.15) is 28.7 Å². The Balaban J connectivity index is 1.37. The van der Waals surface area contributed by atoms with Gasteiger partial charge in [-0.15, -0.1) is 4.52 Å². The molecule has 234 valence electrons. The van der Waals surface area contributed by atoms with Crippen LogP contribution >= 0.6 is 17.1 Å². The molecule has 0 radical (unpaired) electrons. The molecule has 0 amide bonds. The Morgan fingerprint density at radius 1 is 0.468 bits per heavy atom. The van der Waals surface area contributed by atoms with Crippen molar-refractivity contribution in [2.45, 2.75) is 0 Å². The maximum Gasteiger partial charge on any atom is 0.444 e. The first-order valence-corrected chi connectivity index (χ1v) is 16.3. The fourth-order valence-corrected chi connectivity index (χ4v) is 5.74. The van der Waals surface area contributed by atoms with Crippen LogP contribution < -0.4 is 39.2 Å². The normalized spacial score (nSPS) is 11.4. The van der Waals surface area contributed by atoms with E-state index in [1.165, 1.54) is 0 Å². The molecule has 6 aromatic carbocycles. The molecule has 6 aromatic rings. The van der Waals surface area contributed by atoms with E-state index in [-0.39, 0.29) is 31.5 Å². The summed E-state index contributed by atoms with van der Waals surface area (Å²) >= 11 is 0. The van der Waals surface area contributed by atoms with Crippen molar-refractivity contribution in [3.05, 3.63) is 152 Å². The zero-order valence-electron chi connectivity index (χ0n) is 24.9. The summed E-state index contributed by atoms with van der Waals surface area (Å²) < 4.78 is 41.8. The second-order valence-electron chi connectivity index (χ2n) is 9.72. The number of hydrogen-bond donors (Lipinski definition) is 2. The van der Waals surface area contributed by atoms with Crippen LogP contribution in [0.15, 0.2) is 156 Å². The van der Waals surface area contributed by atoms with Crippen molar-refractivity contribution in [3.63, 3.8) is 0 Å². The molecule has 0 fully saturated rings. The third-order valence-electron chi connectivity index (χ3n) is 6.37. The average molecular weight is 662 g/mol. The summed E-state index contributed by atoms with van der Waals surface area (Å²) in [5.41, 5.74) is 13.5. The summed E-state index contributed by atoms with van der Waals surface area (Å²) in [6.45, 7) is 0. The van der Waals surface area contributed by atoms with Gasteiger partial charge in [-0.1, -0.05) is 84.9 Å². The molecule has 9 nitrogen and oxygen atoms in total. The molecule has 0 saturated heterocycles. The standard InChI is InChI=1S/C36H29N3O6P2/c37-30-23-13-14-24-31(30)45-47(44-29-21-11-4-12-22-29)39-46-43-32-25-33(40-26-15-5-1-6-16-26)35(41-27-17-7-2-8-18-27)36(34(32)38)42-28-19-9-3-10-20-28/h1-25H,37-38H2. The van der Waals surface area contributed by atoms with Gasteiger partial charge in [-0.2, -0.15) is 0 Å². The van der Waals surface area contributed by atoms with Crippen molar-refractivity contribution in [2.75, 3.05) is 11.5 Å². The number of nitrogen functional groups attached to an aromatic ring is 2. The fraction of sp³-hybridized carbons (Fsp3) is 0. The van der Waals surface area contributed by atoms with E-state index in [9.17, 15) is 0 Å². The monoisotopic (exact) mass is 661 g/mol. The zero-order valence-corrected chi connectivity index (χ0v) is 26.7. The minimum absolute atomic E-state index is 0.130. The number of benzene rings is 6. The van der Waals surface area contributed by atoms with Crippen LogP contribution in [0.3, 0.4) is 0 Å². The molecule has 0 heterocycles. The Labute approximate surface area is 275 Å². The summed E-state index contributed by atoms with van der Waals surface area (Å²) in [4.78, 5) is 0. The van der Waals surface area contributed by atoms with E-state index in [1.54, 1.807) is 18.2 Å². The smallest absolute Gasteiger partial charge is 0.444 e. The zero-order chi connectivity index (χ0) is 32.3. The number of hydrogen-bond acceptors (Lipinski definition) is 9. The number of nitrogens with zero attached hydrogens (tertiary/aromatic N) is 1. The van der Waals surface area contributed by atoms with Gasteiger partial charge in [-0.25, -0.2) is 0 Å². The van der Waals surface area contributed by atoms with Gasteiger partial charge < -0.3 is 39.2 Å². The molecule has 0 aliphatic heterocycles.